The molecule has 19 heteroatoms. The van der Waals surface area contributed by atoms with Gasteiger partial charge in [-0.25, -0.2) is 0 Å². The van der Waals surface area contributed by atoms with Crippen LogP contribution in [0.4, 0.5) is 0 Å². The summed E-state index contributed by atoms with van der Waals surface area (Å²) >= 11 is 0. The summed E-state index contributed by atoms with van der Waals surface area (Å²) in [5.41, 5.74) is 0. The molecule has 0 heterocycles. The van der Waals surface area contributed by atoms with E-state index in [9.17, 15) is 0 Å². The van der Waals surface area contributed by atoms with Crippen LogP contribution in [0.1, 0.15) is 0 Å². The zero-order valence-electron chi connectivity index (χ0n) is 9.46. The summed E-state index contributed by atoms with van der Waals surface area (Å²) in [7, 11) is 0. The van der Waals surface area contributed by atoms with Crippen molar-refractivity contribution in [3.63, 3.8) is 0 Å². The molecule has 0 bridgehead atoms. The molecule has 0 aromatic carbocycles. The van der Waals surface area contributed by atoms with Crippen molar-refractivity contribution in [1.82, 2.24) is 0 Å². The van der Waals surface area contributed by atoms with E-state index >= 15 is 0 Å². The van der Waals surface area contributed by atoms with Gasteiger partial charge in [0.05, 0.1) is 5.09 Å². The number of halogens is 1. The summed E-state index contributed by atoms with van der Waals surface area (Å²) in [6.07, 6.45) is 0. The summed E-state index contributed by atoms with van der Waals surface area (Å²) < 4.78 is 0. The third kappa shape index (κ3) is 17200. The maximum Gasteiger partial charge on any atom is 2.00 e. The van der Waals surface area contributed by atoms with Gasteiger partial charge < -0.3 is 93.4 Å². The molecule has 19 heavy (non-hydrogen) atoms. The fraction of sp³-hybridized carbons (Fsp3) is 0. The summed E-state index contributed by atoms with van der Waals surface area (Å²) in [6, 6.07) is 0. The SMILES string of the molecule is O.O.O.O.O.O.O.O.O.O.O.O.O=[N+]([O-])[O-].[Cl-].[Mg+2].[Mg+2]. The van der Waals surface area contributed by atoms with Crippen molar-refractivity contribution in [2.75, 3.05) is 0 Å². The van der Waals surface area contributed by atoms with Crippen LogP contribution >= 0.6 is 0 Å². The Morgan fingerprint density at radius 1 is 0.474 bits per heavy atom. The maximum absolute atomic E-state index is 8.25. The largest absolute Gasteiger partial charge is 2.00 e. The molecule has 0 aromatic heterocycles. The van der Waals surface area contributed by atoms with E-state index < -0.39 is 5.09 Å². The summed E-state index contributed by atoms with van der Waals surface area (Å²) in [6.45, 7) is 0. The van der Waals surface area contributed by atoms with Crippen LogP contribution in [0.3, 0.4) is 0 Å². The van der Waals surface area contributed by atoms with E-state index in [-0.39, 0.29) is 124 Å². The van der Waals surface area contributed by atoms with Crippen LogP contribution in [-0.4, -0.2) is 117 Å². The predicted molar refractivity (Wildman–Crippen MR) is 65.2 cm³/mol. The Morgan fingerprint density at radius 2 is 0.474 bits per heavy atom. The number of hydrogen-bond acceptors (Lipinski definition) is 3. The van der Waals surface area contributed by atoms with E-state index in [1.165, 1.54) is 0 Å². The maximum atomic E-state index is 8.25. The minimum absolute atomic E-state index is 0. The van der Waals surface area contributed by atoms with E-state index in [1.54, 1.807) is 0 Å². The van der Waals surface area contributed by atoms with Gasteiger partial charge in [-0.15, -0.1) is 0 Å². The molecule has 0 amide bonds. The van der Waals surface area contributed by atoms with Crippen LogP contribution in [0.25, 0.3) is 0 Å². The standard InChI is InChI=1S/ClH.2Mg.NO3.12H2O/c;;;2-1(3)4;;;;;;;;;;;;/h1H;;;;12*1H2/q;2*+2;-1;;;;;;;;;;;;/p-1. The summed E-state index contributed by atoms with van der Waals surface area (Å²) in [5.74, 6) is 0. The quantitative estimate of drug-likeness (QED) is 0.230. The topological polar surface area (TPSA) is 444 Å². The fourth-order valence-corrected chi connectivity index (χ4v) is 0. The minimum atomic E-state index is -1.75. The number of hydrogen-bond donors (Lipinski definition) is 0. The molecular weight excluding hydrogens is 338 g/mol. The molecule has 24 N–H and O–H groups in total. The predicted octanol–water partition coefficient (Wildman–Crippen LogP) is -13.9. The van der Waals surface area contributed by atoms with Gasteiger partial charge in [0, 0.05) is 0 Å². The first-order valence-electron chi connectivity index (χ1n) is 0.548. The van der Waals surface area contributed by atoms with Crippen molar-refractivity contribution in [3.05, 3.63) is 15.3 Å². The Balaban J connectivity index is -0.000000000429. The van der Waals surface area contributed by atoms with Crippen LogP contribution in [-0.2, 0) is 0 Å². The molecule has 0 saturated heterocycles. The van der Waals surface area contributed by atoms with Gasteiger partial charge in [-0.1, -0.05) is 0 Å². The third-order valence-electron chi connectivity index (χ3n) is 0. The van der Waals surface area contributed by atoms with Crippen LogP contribution in [0.15, 0.2) is 0 Å². The molecule has 0 atom stereocenters. The van der Waals surface area contributed by atoms with Gasteiger partial charge in [0.25, 0.3) is 0 Å². The molecule has 128 valence electrons. The van der Waals surface area contributed by atoms with Gasteiger partial charge in [0.1, 0.15) is 0 Å². The second kappa shape index (κ2) is 455. The van der Waals surface area contributed by atoms with E-state index in [4.69, 9.17) is 15.3 Å². The van der Waals surface area contributed by atoms with E-state index in [1.807, 2.05) is 0 Å². The van der Waals surface area contributed by atoms with Gasteiger partial charge in [0.15, 0.2) is 0 Å². The second-order valence-corrected chi connectivity index (χ2v) is 0.224. The molecule has 0 aliphatic carbocycles. The molecule has 16 nitrogen and oxygen atoms in total. The molecule has 0 fully saturated rings. The molecule has 0 spiro atoms. The Morgan fingerprint density at radius 3 is 0.474 bits per heavy atom. The first kappa shape index (κ1) is 535. The van der Waals surface area contributed by atoms with Crippen molar-refractivity contribution in [2.24, 2.45) is 0 Å². The van der Waals surface area contributed by atoms with Crippen LogP contribution in [0.5, 0.6) is 0 Å². The average molecular weight is 362 g/mol. The number of rotatable bonds is 0. The zero-order chi connectivity index (χ0) is 3.58. The number of nitrogens with zero attached hydrogens (tertiary/aromatic N) is 1. The average Bonchev–Trinajstić information content (AvgIpc) is 0.811. The van der Waals surface area contributed by atoms with Gasteiger partial charge in [-0.3, -0.25) is 0 Å². The van der Waals surface area contributed by atoms with Crippen molar-refractivity contribution in [2.45, 2.75) is 0 Å². The van der Waals surface area contributed by atoms with Crippen molar-refractivity contribution in [3.8, 4) is 0 Å². The Kier molecular flexibility index (Phi) is 12800. The molecule has 0 aromatic rings. The van der Waals surface area contributed by atoms with Crippen molar-refractivity contribution in [1.29, 1.82) is 0 Å². The molecule has 0 unspecified atom stereocenters. The normalized spacial score (nSPS) is 1.26. The fourth-order valence-electron chi connectivity index (χ4n) is 0. The molecule has 0 radical (unpaired) electrons. The Hall–Kier alpha value is 0.542. The molecule has 0 aliphatic rings. The van der Waals surface area contributed by atoms with Crippen LogP contribution < -0.4 is 12.4 Å². The van der Waals surface area contributed by atoms with Crippen LogP contribution in [0, 0.1) is 15.3 Å². The minimum Gasteiger partial charge on any atom is -1.00 e. The first-order chi connectivity index (χ1) is 1.73. The van der Waals surface area contributed by atoms with E-state index in [2.05, 4.69) is 0 Å². The monoisotopic (exact) mass is 361 g/mol. The first-order valence-corrected chi connectivity index (χ1v) is 0.548. The Bertz CT molecular complexity index is 43.1. The van der Waals surface area contributed by atoms with Gasteiger partial charge in [0.2, 0.25) is 0 Å². The summed E-state index contributed by atoms with van der Waals surface area (Å²) in [4.78, 5) is 8.25. The third-order valence-corrected chi connectivity index (χ3v) is 0. The zero-order valence-corrected chi connectivity index (χ0v) is 13.0. The Labute approximate surface area is 144 Å². The molecule has 0 saturated carbocycles. The van der Waals surface area contributed by atoms with Crippen molar-refractivity contribution < 1.29 is 83.2 Å². The summed E-state index contributed by atoms with van der Waals surface area (Å²) in [5, 5.41) is 14.8. The van der Waals surface area contributed by atoms with E-state index in [0.717, 1.165) is 0 Å². The smallest absolute Gasteiger partial charge is 1.00 e. The van der Waals surface area contributed by atoms with Gasteiger partial charge in [-0.05, 0) is 0 Å². The van der Waals surface area contributed by atoms with Crippen molar-refractivity contribution >= 4 is 46.1 Å². The van der Waals surface area contributed by atoms with Crippen LogP contribution in [0.2, 0.25) is 0 Å². The van der Waals surface area contributed by atoms with E-state index in [0.29, 0.717) is 0 Å². The van der Waals surface area contributed by atoms with Gasteiger partial charge in [-0.2, -0.15) is 0 Å². The molecular formula is H24ClMg2NO15+2. The molecule has 0 rings (SSSR count). The molecule has 0 aliphatic heterocycles. The second-order valence-electron chi connectivity index (χ2n) is 0.224. The van der Waals surface area contributed by atoms with Gasteiger partial charge >= 0.3 is 46.1 Å².